The summed E-state index contributed by atoms with van der Waals surface area (Å²) in [6, 6.07) is 7.48. The van der Waals surface area contributed by atoms with Crippen molar-refractivity contribution in [3.8, 4) is 5.75 Å². The smallest absolute Gasteiger partial charge is 0.257 e. The van der Waals surface area contributed by atoms with Crippen LogP contribution in [0.4, 0.5) is 0 Å². The second kappa shape index (κ2) is 7.71. The molecule has 3 N–H and O–H groups in total. The van der Waals surface area contributed by atoms with E-state index in [0.717, 1.165) is 18.4 Å². The summed E-state index contributed by atoms with van der Waals surface area (Å²) in [4.78, 5) is 11.4. The molecule has 4 nitrogen and oxygen atoms in total. The maximum Gasteiger partial charge on any atom is 0.257 e. The highest BCUT2D eigenvalue weighted by Gasteiger charge is 2.04. The molecule has 0 heterocycles. The van der Waals surface area contributed by atoms with Crippen LogP contribution in [0.3, 0.4) is 0 Å². The summed E-state index contributed by atoms with van der Waals surface area (Å²) in [7, 11) is 0. The molecule has 4 heteroatoms. The number of benzene rings is 1. The molecular formula is C14H22N2O2. The zero-order valence-electron chi connectivity index (χ0n) is 11.1. The minimum Gasteiger partial charge on any atom is -0.484 e. The number of nitrogens with one attached hydrogen (secondary N) is 1. The van der Waals surface area contributed by atoms with Gasteiger partial charge in [-0.1, -0.05) is 25.5 Å². The first-order valence-corrected chi connectivity index (χ1v) is 6.38. The fraction of sp³-hybridized carbons (Fsp3) is 0.500. The predicted molar refractivity (Wildman–Crippen MR) is 72.5 cm³/mol. The van der Waals surface area contributed by atoms with E-state index in [9.17, 15) is 4.79 Å². The highest BCUT2D eigenvalue weighted by Crippen LogP contribution is 2.17. The Kier molecular flexibility index (Phi) is 6.22. The van der Waals surface area contributed by atoms with Gasteiger partial charge in [0, 0.05) is 12.6 Å². The predicted octanol–water partition coefficient (Wildman–Crippen LogP) is 2.00. The monoisotopic (exact) mass is 250 g/mol. The first kappa shape index (κ1) is 14.5. The third-order valence-electron chi connectivity index (χ3n) is 2.61. The van der Waals surface area contributed by atoms with E-state index in [0.29, 0.717) is 12.3 Å². The van der Waals surface area contributed by atoms with Crippen LogP contribution < -0.4 is 15.8 Å². The van der Waals surface area contributed by atoms with E-state index < -0.39 is 0 Å². The van der Waals surface area contributed by atoms with Crippen LogP contribution in [0.15, 0.2) is 24.3 Å². The molecule has 18 heavy (non-hydrogen) atoms. The maximum absolute atomic E-state index is 11.4. The molecule has 1 aromatic carbocycles. The molecule has 1 atom stereocenters. The molecule has 0 saturated heterocycles. The van der Waals surface area contributed by atoms with Gasteiger partial charge in [-0.3, -0.25) is 4.79 Å². The van der Waals surface area contributed by atoms with E-state index in [1.807, 2.05) is 31.2 Å². The topological polar surface area (TPSA) is 64.3 Å². The van der Waals surface area contributed by atoms with Gasteiger partial charge < -0.3 is 15.8 Å². The van der Waals surface area contributed by atoms with Crippen molar-refractivity contribution in [1.29, 1.82) is 0 Å². The number of carbonyl (C=O) groups excluding carboxylic acids is 1. The summed E-state index contributed by atoms with van der Waals surface area (Å²) >= 11 is 0. The zero-order valence-corrected chi connectivity index (χ0v) is 11.1. The van der Waals surface area contributed by atoms with E-state index in [1.165, 1.54) is 0 Å². The van der Waals surface area contributed by atoms with Crippen molar-refractivity contribution in [3.05, 3.63) is 29.8 Å². The molecule has 0 aliphatic rings. The second-order valence-electron chi connectivity index (χ2n) is 4.35. The van der Waals surface area contributed by atoms with E-state index in [2.05, 4.69) is 12.2 Å². The van der Waals surface area contributed by atoms with Crippen LogP contribution in [-0.4, -0.2) is 19.1 Å². The van der Waals surface area contributed by atoms with Crippen molar-refractivity contribution in [2.24, 2.45) is 5.73 Å². The van der Waals surface area contributed by atoms with Crippen LogP contribution in [-0.2, 0) is 4.79 Å². The average molecular weight is 250 g/mol. The minimum absolute atomic E-state index is 0.0352. The van der Waals surface area contributed by atoms with Crippen LogP contribution in [0, 0.1) is 0 Å². The van der Waals surface area contributed by atoms with Crippen LogP contribution in [0.2, 0.25) is 0 Å². The molecule has 0 radical (unpaired) electrons. The molecule has 100 valence electrons. The quantitative estimate of drug-likeness (QED) is 0.727. The third-order valence-corrected chi connectivity index (χ3v) is 2.61. The Hall–Kier alpha value is -1.55. The number of hydrogen-bond acceptors (Lipinski definition) is 3. The first-order chi connectivity index (χ1) is 8.63. The molecule has 1 rings (SSSR count). The maximum atomic E-state index is 11.4. The van der Waals surface area contributed by atoms with E-state index in [4.69, 9.17) is 10.5 Å². The molecule has 0 saturated carbocycles. The molecule has 0 aromatic heterocycles. The highest BCUT2D eigenvalue weighted by molar-refractivity contribution is 5.77. The highest BCUT2D eigenvalue weighted by atomic mass is 16.5. The fourth-order valence-corrected chi connectivity index (χ4v) is 1.49. The number of hydrogen-bond donors (Lipinski definition) is 2. The van der Waals surface area contributed by atoms with Crippen LogP contribution >= 0.6 is 0 Å². The Balaban J connectivity index is 2.38. The number of rotatable bonds is 7. The van der Waals surface area contributed by atoms with Crippen molar-refractivity contribution in [3.63, 3.8) is 0 Å². The standard InChI is InChI=1S/C14H22N2O2/c1-3-4-8-16-14(17)10-18-13-7-5-6-12(9-13)11(2)15/h5-7,9,11H,3-4,8,10,15H2,1-2H3,(H,16,17). The third kappa shape index (κ3) is 5.19. The van der Waals surface area contributed by atoms with Gasteiger partial charge in [-0.05, 0) is 31.0 Å². The molecule has 0 spiro atoms. The van der Waals surface area contributed by atoms with E-state index in [-0.39, 0.29) is 18.6 Å². The summed E-state index contributed by atoms with van der Waals surface area (Å²) in [5, 5.41) is 2.80. The van der Waals surface area contributed by atoms with Gasteiger partial charge in [-0.25, -0.2) is 0 Å². The number of unbranched alkanes of at least 4 members (excludes halogenated alkanes) is 1. The largest absolute Gasteiger partial charge is 0.484 e. The Labute approximate surface area is 109 Å². The zero-order chi connectivity index (χ0) is 13.4. The minimum atomic E-state index is -0.0883. The van der Waals surface area contributed by atoms with Gasteiger partial charge >= 0.3 is 0 Å². The second-order valence-corrected chi connectivity index (χ2v) is 4.35. The average Bonchev–Trinajstić information content (AvgIpc) is 2.37. The molecule has 0 bridgehead atoms. The lowest BCUT2D eigenvalue weighted by Gasteiger charge is -2.10. The van der Waals surface area contributed by atoms with Crippen LogP contribution in [0.25, 0.3) is 0 Å². The summed E-state index contributed by atoms with van der Waals surface area (Å²) in [6.45, 7) is 4.75. The molecule has 1 amide bonds. The Morgan fingerprint density at radius 3 is 2.94 bits per heavy atom. The molecule has 1 aromatic rings. The van der Waals surface area contributed by atoms with Crippen molar-refractivity contribution in [2.45, 2.75) is 32.7 Å². The SMILES string of the molecule is CCCCNC(=O)COc1cccc(C(C)N)c1. The van der Waals surface area contributed by atoms with Gasteiger partial charge in [0.25, 0.3) is 5.91 Å². The number of nitrogens with two attached hydrogens (primary N) is 1. The van der Waals surface area contributed by atoms with Crippen molar-refractivity contribution in [1.82, 2.24) is 5.32 Å². The van der Waals surface area contributed by atoms with Gasteiger partial charge in [0.05, 0.1) is 0 Å². The van der Waals surface area contributed by atoms with Gasteiger partial charge in [0.15, 0.2) is 6.61 Å². The van der Waals surface area contributed by atoms with Crippen molar-refractivity contribution >= 4 is 5.91 Å². The van der Waals surface area contributed by atoms with Crippen LogP contribution in [0.5, 0.6) is 5.75 Å². The fourth-order valence-electron chi connectivity index (χ4n) is 1.49. The summed E-state index contributed by atoms with van der Waals surface area (Å²) < 4.78 is 5.42. The Bertz CT molecular complexity index is 378. The Morgan fingerprint density at radius 1 is 1.50 bits per heavy atom. The van der Waals surface area contributed by atoms with Crippen molar-refractivity contribution in [2.75, 3.05) is 13.2 Å². The summed E-state index contributed by atoms with van der Waals surface area (Å²) in [5.74, 6) is 0.588. The summed E-state index contributed by atoms with van der Waals surface area (Å²) in [5.41, 5.74) is 6.78. The number of carbonyl (C=O) groups is 1. The molecule has 1 unspecified atom stereocenters. The van der Waals surface area contributed by atoms with E-state index >= 15 is 0 Å². The van der Waals surface area contributed by atoms with Crippen molar-refractivity contribution < 1.29 is 9.53 Å². The molecular weight excluding hydrogens is 228 g/mol. The lowest BCUT2D eigenvalue weighted by Crippen LogP contribution is -2.29. The van der Waals surface area contributed by atoms with Gasteiger partial charge in [-0.15, -0.1) is 0 Å². The number of ether oxygens (including phenoxy) is 1. The lowest BCUT2D eigenvalue weighted by molar-refractivity contribution is -0.123. The summed E-state index contributed by atoms with van der Waals surface area (Å²) in [6.07, 6.45) is 2.06. The van der Waals surface area contributed by atoms with E-state index in [1.54, 1.807) is 0 Å². The molecule has 0 aliphatic carbocycles. The van der Waals surface area contributed by atoms with Crippen LogP contribution in [0.1, 0.15) is 38.3 Å². The molecule has 0 fully saturated rings. The number of amides is 1. The lowest BCUT2D eigenvalue weighted by atomic mass is 10.1. The van der Waals surface area contributed by atoms with Gasteiger partial charge in [-0.2, -0.15) is 0 Å². The van der Waals surface area contributed by atoms with Gasteiger partial charge in [0.2, 0.25) is 0 Å². The first-order valence-electron chi connectivity index (χ1n) is 6.38. The van der Waals surface area contributed by atoms with Gasteiger partial charge in [0.1, 0.15) is 5.75 Å². The molecule has 0 aliphatic heterocycles. The normalized spacial score (nSPS) is 11.9. The Morgan fingerprint density at radius 2 is 2.28 bits per heavy atom.